The Kier molecular flexibility index (Phi) is 4.41. The standard InChI is InChI=1S/C11H23N3O2S/c12-5-1-6-13-7-2-8-14(10-9-13)17(15,16)11-3-4-11/h11H,1-10,12H2. The Bertz CT molecular complexity index is 341. The van der Waals surface area contributed by atoms with E-state index in [4.69, 9.17) is 5.73 Å². The van der Waals surface area contributed by atoms with Crippen molar-refractivity contribution < 1.29 is 8.42 Å². The van der Waals surface area contributed by atoms with Crippen molar-refractivity contribution in [2.75, 3.05) is 39.3 Å². The molecule has 2 N–H and O–H groups in total. The summed E-state index contributed by atoms with van der Waals surface area (Å²) in [6, 6.07) is 0. The van der Waals surface area contributed by atoms with E-state index < -0.39 is 10.0 Å². The van der Waals surface area contributed by atoms with Gasteiger partial charge in [-0.2, -0.15) is 0 Å². The molecule has 0 aromatic heterocycles. The molecule has 5 nitrogen and oxygen atoms in total. The van der Waals surface area contributed by atoms with Crippen LogP contribution in [0.4, 0.5) is 0 Å². The minimum absolute atomic E-state index is 0.0712. The van der Waals surface area contributed by atoms with Gasteiger partial charge < -0.3 is 10.6 Å². The Morgan fingerprint density at radius 2 is 1.88 bits per heavy atom. The fraction of sp³-hybridized carbons (Fsp3) is 1.00. The van der Waals surface area contributed by atoms with Crippen LogP contribution in [0.1, 0.15) is 25.7 Å². The summed E-state index contributed by atoms with van der Waals surface area (Å²) in [4.78, 5) is 2.33. The highest BCUT2D eigenvalue weighted by atomic mass is 32.2. The molecular formula is C11H23N3O2S. The third kappa shape index (κ3) is 3.40. The molecule has 0 spiro atoms. The third-order valence-electron chi connectivity index (χ3n) is 3.53. The fourth-order valence-electron chi connectivity index (χ4n) is 2.32. The number of hydrogen-bond donors (Lipinski definition) is 1. The van der Waals surface area contributed by atoms with Crippen molar-refractivity contribution in [3.05, 3.63) is 0 Å². The number of nitrogens with two attached hydrogens (primary N) is 1. The van der Waals surface area contributed by atoms with Crippen LogP contribution in [-0.4, -0.2) is 62.1 Å². The van der Waals surface area contributed by atoms with Gasteiger partial charge in [-0.15, -0.1) is 0 Å². The summed E-state index contributed by atoms with van der Waals surface area (Å²) >= 11 is 0. The SMILES string of the molecule is NCCCN1CCCN(S(=O)(=O)C2CC2)CC1. The van der Waals surface area contributed by atoms with E-state index >= 15 is 0 Å². The lowest BCUT2D eigenvalue weighted by molar-refractivity contribution is 0.284. The minimum atomic E-state index is -2.97. The van der Waals surface area contributed by atoms with E-state index in [2.05, 4.69) is 4.90 Å². The van der Waals surface area contributed by atoms with E-state index in [1.807, 2.05) is 0 Å². The maximum Gasteiger partial charge on any atom is 0.217 e. The first-order valence-electron chi connectivity index (χ1n) is 6.56. The number of hydrogen-bond acceptors (Lipinski definition) is 4. The maximum absolute atomic E-state index is 12.1. The molecule has 1 saturated carbocycles. The molecule has 0 aromatic rings. The van der Waals surface area contributed by atoms with Crippen LogP contribution in [0, 0.1) is 0 Å². The monoisotopic (exact) mass is 261 g/mol. The first-order valence-corrected chi connectivity index (χ1v) is 8.06. The molecule has 0 radical (unpaired) electrons. The van der Waals surface area contributed by atoms with Crippen LogP contribution in [0.5, 0.6) is 0 Å². The molecule has 1 aliphatic heterocycles. The number of rotatable bonds is 5. The van der Waals surface area contributed by atoms with Crippen LogP contribution in [-0.2, 0) is 10.0 Å². The summed E-state index contributed by atoms with van der Waals surface area (Å²) < 4.78 is 25.9. The van der Waals surface area contributed by atoms with E-state index in [1.165, 1.54) is 0 Å². The van der Waals surface area contributed by atoms with Gasteiger partial charge in [0.15, 0.2) is 0 Å². The zero-order valence-corrected chi connectivity index (χ0v) is 11.2. The molecule has 0 bridgehead atoms. The molecule has 1 aliphatic carbocycles. The average molecular weight is 261 g/mol. The Morgan fingerprint density at radius 3 is 2.53 bits per heavy atom. The maximum atomic E-state index is 12.1. The van der Waals surface area contributed by atoms with Gasteiger partial charge in [0.1, 0.15) is 0 Å². The van der Waals surface area contributed by atoms with Crippen molar-refractivity contribution in [3.8, 4) is 0 Å². The molecule has 2 fully saturated rings. The number of nitrogens with zero attached hydrogens (tertiary/aromatic N) is 2. The lowest BCUT2D eigenvalue weighted by Crippen LogP contribution is -2.37. The summed E-state index contributed by atoms with van der Waals surface area (Å²) in [5.41, 5.74) is 5.50. The molecule has 100 valence electrons. The molecule has 0 unspecified atom stereocenters. The quantitative estimate of drug-likeness (QED) is 0.746. The minimum Gasteiger partial charge on any atom is -0.330 e. The second-order valence-corrected chi connectivity index (χ2v) is 7.19. The largest absolute Gasteiger partial charge is 0.330 e. The van der Waals surface area contributed by atoms with E-state index in [0.717, 1.165) is 45.3 Å². The first-order chi connectivity index (χ1) is 8.14. The molecule has 0 amide bonds. The van der Waals surface area contributed by atoms with Crippen molar-refractivity contribution in [1.82, 2.24) is 9.21 Å². The number of sulfonamides is 1. The topological polar surface area (TPSA) is 66.6 Å². The molecule has 0 aromatic carbocycles. The fourth-order valence-corrected chi connectivity index (χ4v) is 4.19. The van der Waals surface area contributed by atoms with E-state index in [9.17, 15) is 8.42 Å². The van der Waals surface area contributed by atoms with Gasteiger partial charge in [-0.05, 0) is 45.3 Å². The van der Waals surface area contributed by atoms with Gasteiger partial charge in [0.2, 0.25) is 10.0 Å². The summed E-state index contributed by atoms with van der Waals surface area (Å²) in [7, 11) is -2.97. The van der Waals surface area contributed by atoms with Gasteiger partial charge in [0.05, 0.1) is 5.25 Å². The Morgan fingerprint density at radius 1 is 1.12 bits per heavy atom. The van der Waals surface area contributed by atoms with E-state index in [0.29, 0.717) is 19.6 Å². The first kappa shape index (κ1) is 13.3. The van der Waals surface area contributed by atoms with Crippen LogP contribution in [0.15, 0.2) is 0 Å². The molecule has 1 saturated heterocycles. The van der Waals surface area contributed by atoms with E-state index in [1.54, 1.807) is 4.31 Å². The zero-order chi connectivity index (χ0) is 12.3. The van der Waals surface area contributed by atoms with Gasteiger partial charge in [0, 0.05) is 19.6 Å². The Labute approximate surface area is 104 Å². The normalized spacial score (nSPS) is 24.8. The van der Waals surface area contributed by atoms with Crippen molar-refractivity contribution in [2.24, 2.45) is 5.73 Å². The highest BCUT2D eigenvalue weighted by Gasteiger charge is 2.40. The van der Waals surface area contributed by atoms with Gasteiger partial charge in [-0.25, -0.2) is 12.7 Å². The molecular weight excluding hydrogens is 238 g/mol. The van der Waals surface area contributed by atoms with Crippen LogP contribution < -0.4 is 5.73 Å². The van der Waals surface area contributed by atoms with Crippen molar-refractivity contribution in [3.63, 3.8) is 0 Å². The van der Waals surface area contributed by atoms with Gasteiger partial charge >= 0.3 is 0 Å². The highest BCUT2D eigenvalue weighted by Crippen LogP contribution is 2.31. The highest BCUT2D eigenvalue weighted by molar-refractivity contribution is 7.90. The summed E-state index contributed by atoms with van der Waals surface area (Å²) in [6.45, 7) is 4.90. The molecule has 1 heterocycles. The zero-order valence-electron chi connectivity index (χ0n) is 10.3. The smallest absolute Gasteiger partial charge is 0.217 e. The van der Waals surface area contributed by atoms with Crippen molar-refractivity contribution >= 4 is 10.0 Å². The predicted molar refractivity (Wildman–Crippen MR) is 68.2 cm³/mol. The lowest BCUT2D eigenvalue weighted by atomic mass is 10.3. The van der Waals surface area contributed by atoms with Gasteiger partial charge in [-0.1, -0.05) is 0 Å². The molecule has 2 rings (SSSR count). The molecule has 6 heteroatoms. The summed E-state index contributed by atoms with van der Waals surface area (Å²) in [6.07, 6.45) is 3.65. The van der Waals surface area contributed by atoms with Gasteiger partial charge in [-0.3, -0.25) is 0 Å². The average Bonchev–Trinajstić information content (AvgIpc) is 3.12. The van der Waals surface area contributed by atoms with E-state index in [-0.39, 0.29) is 5.25 Å². The lowest BCUT2D eigenvalue weighted by Gasteiger charge is -2.21. The van der Waals surface area contributed by atoms with Crippen LogP contribution >= 0.6 is 0 Å². The second kappa shape index (κ2) is 5.65. The Balaban J connectivity index is 1.87. The van der Waals surface area contributed by atoms with Crippen LogP contribution in [0.2, 0.25) is 0 Å². The summed E-state index contributed by atoms with van der Waals surface area (Å²) in [5.74, 6) is 0. The van der Waals surface area contributed by atoms with Crippen molar-refractivity contribution in [2.45, 2.75) is 30.9 Å². The van der Waals surface area contributed by atoms with Gasteiger partial charge in [0.25, 0.3) is 0 Å². The van der Waals surface area contributed by atoms with Crippen molar-refractivity contribution in [1.29, 1.82) is 0 Å². The summed E-state index contributed by atoms with van der Waals surface area (Å²) in [5, 5.41) is -0.0712. The van der Waals surface area contributed by atoms with Crippen LogP contribution in [0.3, 0.4) is 0 Å². The molecule has 0 atom stereocenters. The van der Waals surface area contributed by atoms with Crippen LogP contribution in [0.25, 0.3) is 0 Å². The second-order valence-electron chi connectivity index (χ2n) is 4.98. The Hall–Kier alpha value is -0.170. The third-order valence-corrected chi connectivity index (χ3v) is 5.93. The molecule has 2 aliphatic rings. The molecule has 17 heavy (non-hydrogen) atoms. The predicted octanol–water partition coefficient (Wildman–Crippen LogP) is -0.165.